The van der Waals surface area contributed by atoms with Crippen LogP contribution in [0.1, 0.15) is 34.6 Å². The molecule has 6 nitrogen and oxygen atoms in total. The molecule has 3 heterocycles. The Morgan fingerprint density at radius 3 is 3.18 bits per heavy atom. The van der Waals surface area contributed by atoms with Crippen molar-refractivity contribution in [2.24, 2.45) is 0 Å². The summed E-state index contributed by atoms with van der Waals surface area (Å²) in [5.41, 5.74) is 9.01. The number of H-pyrrole nitrogens is 1. The van der Waals surface area contributed by atoms with Crippen LogP contribution in [-0.4, -0.2) is 21.0 Å². The van der Waals surface area contributed by atoms with Crippen LogP contribution in [0.2, 0.25) is 0 Å². The highest BCUT2D eigenvalue weighted by Gasteiger charge is 2.26. The van der Waals surface area contributed by atoms with Gasteiger partial charge in [0.05, 0.1) is 23.7 Å². The second-order valence-electron chi connectivity index (χ2n) is 4.09. The first kappa shape index (κ1) is 10.1. The van der Waals surface area contributed by atoms with Crippen molar-refractivity contribution in [2.75, 3.05) is 5.73 Å². The highest BCUT2D eigenvalue weighted by molar-refractivity contribution is 5.94. The largest absolute Gasteiger partial charge is 0.477 e. The van der Waals surface area contributed by atoms with E-state index in [1.807, 2.05) is 6.92 Å². The standard InChI is InChI=1S/C11H11N3O3/c1-4-8-5(3-17-4)9-6(14-10(8)12)2-7(13-9)11(15)16/h2,4,13H,3H2,1H3,(H2,12,14)(H,15,16). The lowest BCUT2D eigenvalue weighted by atomic mass is 10.1. The molecule has 1 unspecified atom stereocenters. The number of hydrogen-bond donors (Lipinski definition) is 3. The molecule has 88 valence electrons. The third kappa shape index (κ3) is 1.31. The molecule has 0 amide bonds. The van der Waals surface area contributed by atoms with Gasteiger partial charge < -0.3 is 20.6 Å². The molecule has 0 radical (unpaired) electrons. The number of nitrogens with two attached hydrogens (primary N) is 1. The molecule has 0 aromatic carbocycles. The van der Waals surface area contributed by atoms with Crippen LogP contribution in [0.3, 0.4) is 0 Å². The fraction of sp³-hybridized carbons (Fsp3) is 0.273. The van der Waals surface area contributed by atoms with Crippen molar-refractivity contribution in [3.05, 3.63) is 22.9 Å². The number of pyridine rings is 1. The minimum atomic E-state index is -1.01. The van der Waals surface area contributed by atoms with E-state index in [2.05, 4.69) is 9.97 Å². The number of anilines is 1. The molecule has 0 fully saturated rings. The van der Waals surface area contributed by atoms with Crippen molar-refractivity contribution in [3.63, 3.8) is 0 Å². The summed E-state index contributed by atoms with van der Waals surface area (Å²) < 4.78 is 5.49. The molecule has 1 aliphatic heterocycles. The number of aromatic nitrogens is 2. The lowest BCUT2D eigenvalue weighted by molar-refractivity contribution is 0.0691. The Kier molecular flexibility index (Phi) is 1.90. The van der Waals surface area contributed by atoms with Gasteiger partial charge in [0.25, 0.3) is 0 Å². The summed E-state index contributed by atoms with van der Waals surface area (Å²) in [6, 6.07) is 1.48. The number of rotatable bonds is 1. The third-order valence-electron chi connectivity index (χ3n) is 3.06. The van der Waals surface area contributed by atoms with Gasteiger partial charge in [-0.2, -0.15) is 0 Å². The number of hydrogen-bond acceptors (Lipinski definition) is 4. The van der Waals surface area contributed by atoms with Gasteiger partial charge in [0.2, 0.25) is 0 Å². The lowest BCUT2D eigenvalue weighted by Gasteiger charge is -2.06. The number of carboxylic acid groups (broad SMARTS) is 1. The molecule has 3 rings (SSSR count). The summed E-state index contributed by atoms with van der Waals surface area (Å²) in [5.74, 6) is -0.601. The van der Waals surface area contributed by atoms with E-state index in [1.54, 1.807) is 0 Å². The summed E-state index contributed by atoms with van der Waals surface area (Å²) in [7, 11) is 0. The highest BCUT2D eigenvalue weighted by atomic mass is 16.5. The van der Waals surface area contributed by atoms with E-state index in [1.165, 1.54) is 6.07 Å². The minimum absolute atomic E-state index is 0.0986. The summed E-state index contributed by atoms with van der Waals surface area (Å²) in [4.78, 5) is 17.9. The Morgan fingerprint density at radius 2 is 2.47 bits per heavy atom. The van der Waals surface area contributed by atoms with Crippen LogP contribution in [0, 0.1) is 0 Å². The molecule has 17 heavy (non-hydrogen) atoms. The second kappa shape index (κ2) is 3.21. The van der Waals surface area contributed by atoms with Gasteiger partial charge in [0.1, 0.15) is 11.5 Å². The number of aromatic amines is 1. The maximum absolute atomic E-state index is 10.9. The average molecular weight is 233 g/mol. The van der Waals surface area contributed by atoms with Crippen LogP contribution in [0.4, 0.5) is 5.82 Å². The summed E-state index contributed by atoms with van der Waals surface area (Å²) >= 11 is 0. The Bertz CT molecular complexity index is 632. The smallest absolute Gasteiger partial charge is 0.352 e. The molecule has 1 aliphatic rings. The molecule has 4 N–H and O–H groups in total. The molecule has 2 aromatic heterocycles. The number of nitrogen functional groups attached to an aromatic ring is 1. The van der Waals surface area contributed by atoms with Crippen LogP contribution >= 0.6 is 0 Å². The molecule has 6 heteroatoms. The van der Waals surface area contributed by atoms with Crippen LogP contribution in [-0.2, 0) is 11.3 Å². The first-order valence-corrected chi connectivity index (χ1v) is 5.23. The van der Waals surface area contributed by atoms with E-state index >= 15 is 0 Å². The predicted octanol–water partition coefficient (Wildman–Crippen LogP) is 1.43. The summed E-state index contributed by atoms with van der Waals surface area (Å²) in [6.45, 7) is 2.33. The second-order valence-corrected chi connectivity index (χ2v) is 4.09. The van der Waals surface area contributed by atoms with Gasteiger partial charge in [-0.3, -0.25) is 0 Å². The SMILES string of the molecule is CC1OCc2c1c(N)nc1cc(C(=O)O)[nH]c21. The summed E-state index contributed by atoms with van der Waals surface area (Å²) in [5, 5.41) is 8.93. The van der Waals surface area contributed by atoms with Crippen molar-refractivity contribution in [1.82, 2.24) is 9.97 Å². The van der Waals surface area contributed by atoms with Crippen LogP contribution in [0.25, 0.3) is 11.0 Å². The molecule has 0 aliphatic carbocycles. The topological polar surface area (TPSA) is 101 Å². The fourth-order valence-corrected chi connectivity index (χ4v) is 2.25. The number of carboxylic acids is 1. The molecule has 0 saturated carbocycles. The van der Waals surface area contributed by atoms with E-state index in [-0.39, 0.29) is 11.8 Å². The molecular formula is C11H11N3O3. The van der Waals surface area contributed by atoms with Gasteiger partial charge in [0.15, 0.2) is 0 Å². The Balaban J connectivity index is 2.34. The van der Waals surface area contributed by atoms with Gasteiger partial charge in [-0.25, -0.2) is 9.78 Å². The van der Waals surface area contributed by atoms with Crippen molar-refractivity contribution in [2.45, 2.75) is 19.6 Å². The fourth-order valence-electron chi connectivity index (χ4n) is 2.25. The minimum Gasteiger partial charge on any atom is -0.477 e. The zero-order valence-corrected chi connectivity index (χ0v) is 9.15. The van der Waals surface area contributed by atoms with Crippen LogP contribution < -0.4 is 5.73 Å². The quantitative estimate of drug-likeness (QED) is 0.691. The zero-order valence-electron chi connectivity index (χ0n) is 9.15. The Hall–Kier alpha value is -2.08. The third-order valence-corrected chi connectivity index (χ3v) is 3.06. The molecule has 1 atom stereocenters. The molecule has 0 bridgehead atoms. The van der Waals surface area contributed by atoms with Crippen molar-refractivity contribution >= 4 is 22.8 Å². The first-order valence-electron chi connectivity index (χ1n) is 5.23. The maximum Gasteiger partial charge on any atom is 0.352 e. The number of nitrogens with one attached hydrogen (secondary N) is 1. The number of carbonyl (C=O) groups is 1. The summed E-state index contributed by atoms with van der Waals surface area (Å²) in [6.07, 6.45) is -0.0986. The zero-order chi connectivity index (χ0) is 12.2. The number of fused-ring (bicyclic) bond motifs is 3. The normalized spacial score (nSPS) is 18.5. The van der Waals surface area contributed by atoms with Gasteiger partial charge in [-0.15, -0.1) is 0 Å². The van der Waals surface area contributed by atoms with Crippen molar-refractivity contribution < 1.29 is 14.6 Å². The average Bonchev–Trinajstić information content (AvgIpc) is 2.82. The molecule has 0 saturated heterocycles. The van der Waals surface area contributed by atoms with Gasteiger partial charge in [-0.05, 0) is 13.0 Å². The monoisotopic (exact) mass is 233 g/mol. The van der Waals surface area contributed by atoms with Gasteiger partial charge >= 0.3 is 5.97 Å². The molecule has 2 aromatic rings. The lowest BCUT2D eigenvalue weighted by Crippen LogP contribution is -2.00. The van der Waals surface area contributed by atoms with E-state index < -0.39 is 5.97 Å². The van der Waals surface area contributed by atoms with Crippen molar-refractivity contribution in [3.8, 4) is 0 Å². The van der Waals surface area contributed by atoms with E-state index in [0.717, 1.165) is 11.1 Å². The number of aromatic carboxylic acids is 1. The van der Waals surface area contributed by atoms with Crippen molar-refractivity contribution in [1.29, 1.82) is 0 Å². The Labute approximate surface area is 96.4 Å². The Morgan fingerprint density at radius 1 is 1.71 bits per heavy atom. The predicted molar refractivity (Wildman–Crippen MR) is 60.7 cm³/mol. The van der Waals surface area contributed by atoms with E-state index in [4.69, 9.17) is 15.6 Å². The van der Waals surface area contributed by atoms with E-state index in [0.29, 0.717) is 23.5 Å². The highest BCUT2D eigenvalue weighted by Crippen LogP contribution is 2.37. The van der Waals surface area contributed by atoms with Crippen LogP contribution in [0.15, 0.2) is 6.07 Å². The molecular weight excluding hydrogens is 222 g/mol. The molecule has 0 spiro atoms. The van der Waals surface area contributed by atoms with Gasteiger partial charge in [-0.1, -0.05) is 0 Å². The number of nitrogens with zero attached hydrogens (tertiary/aromatic N) is 1. The van der Waals surface area contributed by atoms with Crippen LogP contribution in [0.5, 0.6) is 0 Å². The number of ether oxygens (including phenoxy) is 1. The first-order chi connectivity index (χ1) is 8.08. The van der Waals surface area contributed by atoms with Gasteiger partial charge in [0, 0.05) is 11.1 Å². The van der Waals surface area contributed by atoms with E-state index in [9.17, 15) is 4.79 Å². The maximum atomic E-state index is 10.9.